The van der Waals surface area contributed by atoms with Crippen LogP contribution < -0.4 is 10.9 Å². The maximum Gasteiger partial charge on any atom is 0.288 e. The topological polar surface area (TPSA) is 54.3 Å². The molecule has 1 rings (SSSR count). The molecular formula is C13H20N2O2. The summed E-state index contributed by atoms with van der Waals surface area (Å²) in [6.45, 7) is 11.9. The number of hydrogen-bond donors (Lipinski definition) is 2. The third-order valence-corrected chi connectivity index (χ3v) is 2.88. The van der Waals surface area contributed by atoms with Crippen LogP contribution in [0.25, 0.3) is 0 Å². The van der Waals surface area contributed by atoms with E-state index in [4.69, 9.17) is 0 Å². The van der Waals surface area contributed by atoms with Crippen LogP contribution in [0, 0.1) is 19.8 Å². The molecule has 17 heavy (non-hydrogen) atoms. The van der Waals surface area contributed by atoms with Gasteiger partial charge in [0.15, 0.2) is 0 Å². The van der Waals surface area contributed by atoms with Gasteiger partial charge in [0, 0.05) is 17.8 Å². The summed E-state index contributed by atoms with van der Waals surface area (Å²) in [5, 5.41) is 12.6. The minimum absolute atomic E-state index is 0.317. The molecule has 0 radical (unpaired) electrons. The van der Waals surface area contributed by atoms with Crippen molar-refractivity contribution < 1.29 is 5.21 Å². The molecule has 0 aliphatic rings. The van der Waals surface area contributed by atoms with Gasteiger partial charge in [0.1, 0.15) is 0 Å². The molecular weight excluding hydrogens is 216 g/mol. The highest BCUT2D eigenvalue weighted by atomic mass is 16.5. The highest BCUT2D eigenvalue weighted by Crippen LogP contribution is 2.08. The van der Waals surface area contributed by atoms with E-state index in [9.17, 15) is 10.0 Å². The van der Waals surface area contributed by atoms with E-state index in [1.54, 1.807) is 13.0 Å². The Kier molecular flexibility index (Phi) is 3.99. The summed E-state index contributed by atoms with van der Waals surface area (Å²) in [5.41, 5.74) is 2.50. The van der Waals surface area contributed by atoms with Gasteiger partial charge in [0.2, 0.25) is 0 Å². The molecule has 0 saturated heterocycles. The first kappa shape index (κ1) is 13.4. The molecule has 0 fully saturated rings. The average Bonchev–Trinajstić information content (AvgIpc) is 2.25. The Bertz CT molecular complexity index is 487. The van der Waals surface area contributed by atoms with Crippen LogP contribution >= 0.6 is 0 Å². The van der Waals surface area contributed by atoms with Gasteiger partial charge in [-0.25, -0.2) is 0 Å². The molecule has 94 valence electrons. The van der Waals surface area contributed by atoms with Gasteiger partial charge in [-0.1, -0.05) is 20.4 Å². The van der Waals surface area contributed by atoms with Crippen LogP contribution in [0.1, 0.15) is 30.7 Å². The van der Waals surface area contributed by atoms with E-state index in [-0.39, 0.29) is 5.56 Å². The third kappa shape index (κ3) is 2.90. The minimum atomic E-state index is -0.369. The smallest absolute Gasteiger partial charge is 0.288 e. The zero-order chi connectivity index (χ0) is 13.2. The zero-order valence-corrected chi connectivity index (χ0v) is 10.9. The first-order valence-corrected chi connectivity index (χ1v) is 5.68. The highest BCUT2D eigenvalue weighted by molar-refractivity contribution is 5.26. The van der Waals surface area contributed by atoms with Gasteiger partial charge < -0.3 is 10.5 Å². The largest absolute Gasteiger partial charge is 0.425 e. The van der Waals surface area contributed by atoms with Crippen LogP contribution in [0.3, 0.4) is 0 Å². The van der Waals surface area contributed by atoms with Crippen molar-refractivity contribution in [2.24, 2.45) is 5.92 Å². The van der Waals surface area contributed by atoms with Gasteiger partial charge in [0.25, 0.3) is 5.56 Å². The summed E-state index contributed by atoms with van der Waals surface area (Å²) in [7, 11) is 0. The summed E-state index contributed by atoms with van der Waals surface area (Å²) in [4.78, 5) is 11.8. The van der Waals surface area contributed by atoms with E-state index < -0.39 is 0 Å². The lowest BCUT2D eigenvalue weighted by Gasteiger charge is -2.14. The van der Waals surface area contributed by atoms with Crippen LogP contribution in [0.4, 0.5) is 0 Å². The molecule has 0 atom stereocenters. The van der Waals surface area contributed by atoms with Gasteiger partial charge in [-0.05, 0) is 31.4 Å². The molecule has 4 heteroatoms. The van der Waals surface area contributed by atoms with Gasteiger partial charge >= 0.3 is 0 Å². The summed E-state index contributed by atoms with van der Waals surface area (Å²) in [6.07, 6.45) is 0. The fourth-order valence-electron chi connectivity index (χ4n) is 1.54. The molecule has 0 amide bonds. The molecule has 0 aliphatic carbocycles. The van der Waals surface area contributed by atoms with Crippen LogP contribution in [0.2, 0.25) is 0 Å². The lowest BCUT2D eigenvalue weighted by Crippen LogP contribution is -2.29. The Labute approximate surface area is 102 Å². The number of allylic oxidation sites excluding steroid dienone is 1. The molecule has 0 aromatic carbocycles. The van der Waals surface area contributed by atoms with Gasteiger partial charge in [0.05, 0.1) is 5.69 Å². The third-order valence-electron chi connectivity index (χ3n) is 2.88. The van der Waals surface area contributed by atoms with E-state index in [1.165, 1.54) is 0 Å². The highest BCUT2D eigenvalue weighted by Gasteiger charge is 2.10. The van der Waals surface area contributed by atoms with E-state index in [0.29, 0.717) is 28.5 Å². The average molecular weight is 236 g/mol. The molecule has 4 nitrogen and oxygen atoms in total. The van der Waals surface area contributed by atoms with E-state index in [0.717, 1.165) is 11.3 Å². The second-order valence-corrected chi connectivity index (χ2v) is 4.60. The van der Waals surface area contributed by atoms with Crippen LogP contribution in [0.15, 0.2) is 23.1 Å². The second-order valence-electron chi connectivity index (χ2n) is 4.60. The number of nitrogens with one attached hydrogen (secondary N) is 1. The van der Waals surface area contributed by atoms with Crippen molar-refractivity contribution in [2.75, 3.05) is 0 Å². The number of pyridine rings is 1. The number of nitrogens with zero attached hydrogens (tertiary/aromatic N) is 1. The SMILES string of the molecule is C=C(NCc1c(C)cc(C)n(O)c1=O)C(C)C. The molecule has 0 bridgehead atoms. The summed E-state index contributed by atoms with van der Waals surface area (Å²) < 4.78 is 0.683. The molecule has 1 aromatic heterocycles. The van der Waals surface area contributed by atoms with Crippen molar-refractivity contribution in [3.63, 3.8) is 0 Å². The first-order valence-electron chi connectivity index (χ1n) is 5.68. The number of aryl methyl sites for hydroxylation is 2. The Morgan fingerprint density at radius 1 is 1.53 bits per heavy atom. The fourth-order valence-corrected chi connectivity index (χ4v) is 1.54. The summed E-state index contributed by atoms with van der Waals surface area (Å²) in [6, 6.07) is 1.79. The lowest BCUT2D eigenvalue weighted by atomic mass is 10.1. The molecule has 0 unspecified atom stereocenters. The van der Waals surface area contributed by atoms with Crippen LogP contribution in [-0.2, 0) is 6.54 Å². The molecule has 0 spiro atoms. The second kappa shape index (κ2) is 5.08. The summed E-state index contributed by atoms with van der Waals surface area (Å²) >= 11 is 0. The van der Waals surface area contributed by atoms with Crippen molar-refractivity contribution in [1.29, 1.82) is 0 Å². The van der Waals surface area contributed by atoms with Crippen molar-refractivity contribution in [2.45, 2.75) is 34.2 Å². The molecule has 1 aromatic rings. The van der Waals surface area contributed by atoms with Gasteiger partial charge in [-0.3, -0.25) is 4.79 Å². The Morgan fingerprint density at radius 3 is 2.65 bits per heavy atom. The molecule has 0 aliphatic heterocycles. The van der Waals surface area contributed by atoms with E-state index in [2.05, 4.69) is 11.9 Å². The van der Waals surface area contributed by atoms with Gasteiger partial charge in [-0.2, -0.15) is 4.73 Å². The van der Waals surface area contributed by atoms with Crippen molar-refractivity contribution in [3.05, 3.63) is 45.5 Å². The molecule has 2 N–H and O–H groups in total. The number of aromatic nitrogens is 1. The van der Waals surface area contributed by atoms with Crippen LogP contribution in [-0.4, -0.2) is 9.94 Å². The fraction of sp³-hybridized carbons (Fsp3) is 0.462. The molecule has 1 heterocycles. The van der Waals surface area contributed by atoms with Crippen molar-refractivity contribution in [3.8, 4) is 0 Å². The minimum Gasteiger partial charge on any atom is -0.425 e. The maximum atomic E-state index is 11.8. The van der Waals surface area contributed by atoms with Crippen LogP contribution in [0.5, 0.6) is 0 Å². The zero-order valence-electron chi connectivity index (χ0n) is 10.9. The monoisotopic (exact) mass is 236 g/mol. The quantitative estimate of drug-likeness (QED) is 0.786. The Balaban J connectivity index is 2.97. The Morgan fingerprint density at radius 2 is 2.12 bits per heavy atom. The maximum absolute atomic E-state index is 11.8. The normalized spacial score (nSPS) is 10.6. The number of rotatable bonds is 4. The van der Waals surface area contributed by atoms with Gasteiger partial charge in [-0.15, -0.1) is 0 Å². The van der Waals surface area contributed by atoms with E-state index in [1.807, 2.05) is 20.8 Å². The summed E-state index contributed by atoms with van der Waals surface area (Å²) in [5.74, 6) is 0.317. The van der Waals surface area contributed by atoms with E-state index >= 15 is 0 Å². The standard InChI is InChI=1S/C13H20N2O2/c1-8(2)11(5)14-7-12-9(3)6-10(4)15(17)13(12)16/h6,8,14,17H,5,7H2,1-4H3. The Hall–Kier alpha value is -1.71. The van der Waals surface area contributed by atoms with Crippen molar-refractivity contribution in [1.82, 2.24) is 10.0 Å². The van der Waals surface area contributed by atoms with Crippen molar-refractivity contribution >= 4 is 0 Å². The predicted octanol–water partition coefficient (Wildman–Crippen LogP) is 1.96. The predicted molar refractivity (Wildman–Crippen MR) is 68.2 cm³/mol. The molecule has 0 saturated carbocycles. The first-order chi connectivity index (χ1) is 7.84. The number of hydrogen-bond acceptors (Lipinski definition) is 3. The lowest BCUT2D eigenvalue weighted by molar-refractivity contribution is 0.166.